The van der Waals surface area contributed by atoms with E-state index in [9.17, 15) is 9.90 Å². The van der Waals surface area contributed by atoms with E-state index in [1.54, 1.807) is 0 Å². The van der Waals surface area contributed by atoms with E-state index in [4.69, 9.17) is 0 Å². The van der Waals surface area contributed by atoms with Gasteiger partial charge < -0.3 is 10.4 Å². The van der Waals surface area contributed by atoms with Crippen LogP contribution in [-0.2, 0) is 11.2 Å². The Kier molecular flexibility index (Phi) is 6.16. The van der Waals surface area contributed by atoms with Gasteiger partial charge in [0.1, 0.15) is 5.01 Å². The molecule has 21 heavy (non-hydrogen) atoms. The summed E-state index contributed by atoms with van der Waals surface area (Å²) in [6.07, 6.45) is -0.0470. The number of rotatable bonds is 7. The van der Waals surface area contributed by atoms with Crippen LogP contribution in [0.15, 0.2) is 34.7 Å². The lowest BCUT2D eigenvalue weighted by atomic mass is 10.1. The molecule has 2 rings (SSSR count). The van der Waals surface area contributed by atoms with Crippen LogP contribution < -0.4 is 5.32 Å². The maximum atomic E-state index is 11.7. The largest absolute Gasteiger partial charge is 0.391 e. The van der Waals surface area contributed by atoms with E-state index in [2.05, 4.69) is 15.5 Å². The minimum Gasteiger partial charge on any atom is -0.391 e. The van der Waals surface area contributed by atoms with Gasteiger partial charge in [-0.2, -0.15) is 0 Å². The van der Waals surface area contributed by atoms with Crippen LogP contribution >= 0.6 is 23.1 Å². The van der Waals surface area contributed by atoms with Gasteiger partial charge in [-0.05, 0) is 12.5 Å². The molecular weight excluding hydrogens is 306 g/mol. The molecule has 0 spiro atoms. The number of carbonyl (C=O) groups excluding carboxylic acids is 1. The average molecular weight is 323 g/mol. The number of carbonyl (C=O) groups is 1. The molecule has 0 fully saturated rings. The third-order valence-corrected chi connectivity index (χ3v) is 4.66. The van der Waals surface area contributed by atoms with Crippen LogP contribution in [-0.4, -0.2) is 39.6 Å². The van der Waals surface area contributed by atoms with E-state index < -0.39 is 6.10 Å². The van der Waals surface area contributed by atoms with Crippen LogP contribution in [0, 0.1) is 6.92 Å². The summed E-state index contributed by atoms with van der Waals surface area (Å²) in [5, 5.41) is 21.3. The molecule has 0 aliphatic rings. The number of nitrogens with one attached hydrogen (secondary N) is 1. The first-order valence-corrected chi connectivity index (χ1v) is 8.35. The van der Waals surface area contributed by atoms with Crippen molar-refractivity contribution in [1.29, 1.82) is 0 Å². The van der Waals surface area contributed by atoms with Gasteiger partial charge >= 0.3 is 0 Å². The van der Waals surface area contributed by atoms with E-state index in [1.165, 1.54) is 23.1 Å². The van der Waals surface area contributed by atoms with Gasteiger partial charge in [0.25, 0.3) is 0 Å². The van der Waals surface area contributed by atoms with E-state index in [0.717, 1.165) is 14.9 Å². The zero-order valence-electron chi connectivity index (χ0n) is 11.7. The summed E-state index contributed by atoms with van der Waals surface area (Å²) in [7, 11) is 0. The molecule has 0 saturated heterocycles. The van der Waals surface area contributed by atoms with Gasteiger partial charge in [0.05, 0.1) is 11.9 Å². The number of thioether (sulfide) groups is 1. The smallest absolute Gasteiger partial charge is 0.230 e. The van der Waals surface area contributed by atoms with Gasteiger partial charge in [-0.3, -0.25) is 4.79 Å². The number of aliphatic hydroxyl groups is 1. The number of nitrogens with zero attached hydrogens (tertiary/aromatic N) is 2. The molecule has 0 saturated carbocycles. The van der Waals surface area contributed by atoms with Crippen molar-refractivity contribution < 1.29 is 9.90 Å². The van der Waals surface area contributed by atoms with Crippen LogP contribution in [0.1, 0.15) is 10.6 Å². The predicted octanol–water partition coefficient (Wildman–Crippen LogP) is 1.66. The molecule has 1 unspecified atom stereocenters. The highest BCUT2D eigenvalue weighted by Gasteiger charge is 2.09. The molecule has 1 atom stereocenters. The second-order valence-electron chi connectivity index (χ2n) is 4.52. The summed E-state index contributed by atoms with van der Waals surface area (Å²) in [5.41, 5.74) is 1.05. The minimum atomic E-state index is -0.579. The Bertz CT molecular complexity index is 575. The number of hydrogen-bond donors (Lipinski definition) is 2. The number of aromatic nitrogens is 2. The van der Waals surface area contributed by atoms with Crippen LogP contribution in [0.4, 0.5) is 0 Å². The zero-order chi connectivity index (χ0) is 15.1. The van der Waals surface area contributed by atoms with E-state index >= 15 is 0 Å². The Morgan fingerprint density at radius 1 is 1.38 bits per heavy atom. The summed E-state index contributed by atoms with van der Waals surface area (Å²) in [4.78, 5) is 11.7. The number of amides is 1. The molecule has 1 aromatic heterocycles. The second-order valence-corrected chi connectivity index (χ2v) is 6.93. The van der Waals surface area contributed by atoms with E-state index in [-0.39, 0.29) is 18.2 Å². The standard InChI is InChI=1S/C14H17N3O2S2/c1-10-16-17-14(21-10)20-9-13(19)15-8-12(18)7-11-5-3-2-4-6-11/h2-6,12,18H,7-9H2,1H3,(H,15,19). The highest BCUT2D eigenvalue weighted by molar-refractivity contribution is 8.01. The Morgan fingerprint density at radius 2 is 2.14 bits per heavy atom. The minimum absolute atomic E-state index is 0.111. The van der Waals surface area contributed by atoms with Crippen molar-refractivity contribution in [1.82, 2.24) is 15.5 Å². The molecule has 112 valence electrons. The Labute approximate surface area is 131 Å². The molecule has 2 aromatic rings. The van der Waals surface area contributed by atoms with E-state index in [1.807, 2.05) is 37.3 Å². The molecule has 1 heterocycles. The SMILES string of the molecule is Cc1nnc(SCC(=O)NCC(O)Cc2ccccc2)s1. The van der Waals surface area contributed by atoms with Crippen molar-refractivity contribution in [3.63, 3.8) is 0 Å². The summed E-state index contributed by atoms with van der Waals surface area (Å²) >= 11 is 2.82. The maximum absolute atomic E-state index is 11.7. The van der Waals surface area contributed by atoms with Gasteiger partial charge in [-0.15, -0.1) is 10.2 Å². The van der Waals surface area contributed by atoms with Crippen molar-refractivity contribution in [2.45, 2.75) is 23.8 Å². The van der Waals surface area contributed by atoms with Crippen molar-refractivity contribution >= 4 is 29.0 Å². The summed E-state index contributed by atoms with van der Waals surface area (Å²) in [5.74, 6) is 0.173. The number of aryl methyl sites for hydroxylation is 1. The highest BCUT2D eigenvalue weighted by Crippen LogP contribution is 2.21. The Balaban J connectivity index is 1.66. The molecule has 1 aromatic carbocycles. The monoisotopic (exact) mass is 323 g/mol. The third-order valence-electron chi connectivity index (χ3n) is 2.68. The van der Waals surface area contributed by atoms with Crippen molar-refractivity contribution in [2.24, 2.45) is 0 Å². The van der Waals surface area contributed by atoms with Gasteiger partial charge in [0.2, 0.25) is 5.91 Å². The average Bonchev–Trinajstić information content (AvgIpc) is 2.90. The first-order valence-electron chi connectivity index (χ1n) is 6.55. The van der Waals surface area contributed by atoms with Gasteiger partial charge in [0, 0.05) is 13.0 Å². The van der Waals surface area contributed by atoms with Crippen LogP contribution in [0.25, 0.3) is 0 Å². The predicted molar refractivity (Wildman–Crippen MR) is 84.5 cm³/mol. The quantitative estimate of drug-likeness (QED) is 0.758. The number of benzene rings is 1. The lowest BCUT2D eigenvalue weighted by Gasteiger charge is -2.11. The third kappa shape index (κ3) is 5.82. The Morgan fingerprint density at radius 3 is 2.81 bits per heavy atom. The first-order chi connectivity index (χ1) is 10.1. The molecule has 0 aliphatic carbocycles. The molecule has 0 aliphatic heterocycles. The Hall–Kier alpha value is -1.44. The second kappa shape index (κ2) is 8.11. The summed E-state index contributed by atoms with van der Waals surface area (Å²) in [6.45, 7) is 2.13. The number of hydrogen-bond acceptors (Lipinski definition) is 6. The van der Waals surface area contributed by atoms with Gasteiger partial charge in [-0.25, -0.2) is 0 Å². The van der Waals surface area contributed by atoms with Crippen LogP contribution in [0.5, 0.6) is 0 Å². The van der Waals surface area contributed by atoms with Crippen LogP contribution in [0.3, 0.4) is 0 Å². The fourth-order valence-electron chi connectivity index (χ4n) is 1.71. The maximum Gasteiger partial charge on any atom is 0.230 e. The molecular formula is C14H17N3O2S2. The zero-order valence-corrected chi connectivity index (χ0v) is 13.3. The molecule has 2 N–H and O–H groups in total. The summed E-state index contributed by atoms with van der Waals surface area (Å²) < 4.78 is 0.785. The molecule has 7 heteroatoms. The summed E-state index contributed by atoms with van der Waals surface area (Å²) in [6, 6.07) is 9.71. The van der Waals surface area contributed by atoms with Crippen LogP contribution in [0.2, 0.25) is 0 Å². The van der Waals surface area contributed by atoms with E-state index in [0.29, 0.717) is 6.42 Å². The first kappa shape index (κ1) is 15.9. The molecule has 0 bridgehead atoms. The van der Waals surface area contributed by atoms with Gasteiger partial charge in [0.15, 0.2) is 4.34 Å². The lowest BCUT2D eigenvalue weighted by molar-refractivity contribution is -0.119. The molecule has 5 nitrogen and oxygen atoms in total. The lowest BCUT2D eigenvalue weighted by Crippen LogP contribution is -2.34. The number of aliphatic hydroxyl groups excluding tert-OH is 1. The van der Waals surface area contributed by atoms with Crippen molar-refractivity contribution in [2.75, 3.05) is 12.3 Å². The molecule has 1 amide bonds. The van der Waals surface area contributed by atoms with Crippen molar-refractivity contribution in [3.05, 3.63) is 40.9 Å². The highest BCUT2D eigenvalue weighted by atomic mass is 32.2. The van der Waals surface area contributed by atoms with Crippen molar-refractivity contribution in [3.8, 4) is 0 Å². The van der Waals surface area contributed by atoms with Gasteiger partial charge in [-0.1, -0.05) is 53.4 Å². The fraction of sp³-hybridized carbons (Fsp3) is 0.357. The topological polar surface area (TPSA) is 75.1 Å². The fourth-order valence-corrected chi connectivity index (χ4v) is 3.35. The normalized spacial score (nSPS) is 12.1. The molecule has 0 radical (unpaired) electrons.